The summed E-state index contributed by atoms with van der Waals surface area (Å²) < 4.78 is 3.26. The maximum atomic E-state index is 12.8. The van der Waals surface area contributed by atoms with Crippen molar-refractivity contribution in [3.63, 3.8) is 0 Å². The van der Waals surface area contributed by atoms with Crippen LogP contribution in [0, 0.1) is 6.92 Å². The summed E-state index contributed by atoms with van der Waals surface area (Å²) in [4.78, 5) is 13.7. The molecule has 2 aromatic heterocycles. The molecule has 2 heterocycles. The van der Waals surface area contributed by atoms with Crippen LogP contribution >= 0.6 is 23.1 Å². The standard InChI is InChI=1S/C22H21N3OS2/c1-3-25-20(13-16-9-5-4-6-10-16)23-24-22(25)27-14-18(26)21-15(2)17-11-7-8-12-19(17)28-21/h4-12H,3,13-14H2,1-2H3. The van der Waals surface area contributed by atoms with Gasteiger partial charge in [-0.05, 0) is 36.4 Å². The van der Waals surface area contributed by atoms with Crippen molar-refractivity contribution < 1.29 is 4.79 Å². The van der Waals surface area contributed by atoms with Gasteiger partial charge in [0.2, 0.25) is 0 Å². The number of Topliss-reactive ketones (excluding diaryl/α,β-unsaturated/α-hetero) is 1. The molecule has 4 nitrogen and oxygen atoms in total. The van der Waals surface area contributed by atoms with Crippen molar-refractivity contribution >= 4 is 39.0 Å². The number of carbonyl (C=O) groups excluding carboxylic acids is 1. The minimum absolute atomic E-state index is 0.152. The second-order valence-corrected chi connectivity index (χ2v) is 8.56. The normalized spacial score (nSPS) is 11.2. The number of aromatic nitrogens is 3. The van der Waals surface area contributed by atoms with E-state index in [1.165, 1.54) is 22.7 Å². The van der Waals surface area contributed by atoms with Gasteiger partial charge in [-0.25, -0.2) is 0 Å². The summed E-state index contributed by atoms with van der Waals surface area (Å²) >= 11 is 3.05. The van der Waals surface area contributed by atoms with E-state index >= 15 is 0 Å². The van der Waals surface area contributed by atoms with Gasteiger partial charge in [0.05, 0.1) is 10.6 Å². The summed E-state index contributed by atoms with van der Waals surface area (Å²) in [5.74, 6) is 1.46. The SMILES string of the molecule is CCn1c(Cc2ccccc2)nnc1SCC(=O)c1sc2ccccc2c1C. The Balaban J connectivity index is 1.50. The molecule has 0 atom stereocenters. The summed E-state index contributed by atoms with van der Waals surface area (Å²) in [5, 5.41) is 10.7. The summed E-state index contributed by atoms with van der Waals surface area (Å²) in [6, 6.07) is 18.4. The maximum Gasteiger partial charge on any atom is 0.191 e. The number of aryl methyl sites for hydroxylation is 1. The molecule has 0 fully saturated rings. The molecule has 0 unspecified atom stereocenters. The van der Waals surface area contributed by atoms with Gasteiger partial charge in [-0.2, -0.15) is 0 Å². The van der Waals surface area contributed by atoms with Gasteiger partial charge in [0.1, 0.15) is 5.82 Å². The molecular weight excluding hydrogens is 386 g/mol. The highest BCUT2D eigenvalue weighted by Gasteiger charge is 2.18. The molecule has 28 heavy (non-hydrogen) atoms. The number of fused-ring (bicyclic) bond motifs is 1. The van der Waals surface area contributed by atoms with Crippen LogP contribution in [0.3, 0.4) is 0 Å². The van der Waals surface area contributed by atoms with E-state index in [1.54, 1.807) is 11.3 Å². The summed E-state index contributed by atoms with van der Waals surface area (Å²) in [5.41, 5.74) is 2.28. The van der Waals surface area contributed by atoms with E-state index < -0.39 is 0 Å². The van der Waals surface area contributed by atoms with Crippen molar-refractivity contribution in [3.05, 3.63) is 76.4 Å². The Morgan fingerprint density at radius 2 is 1.82 bits per heavy atom. The molecule has 4 aromatic rings. The summed E-state index contributed by atoms with van der Waals surface area (Å²) in [6.07, 6.45) is 0.742. The fourth-order valence-electron chi connectivity index (χ4n) is 3.29. The van der Waals surface area contributed by atoms with Crippen molar-refractivity contribution in [1.82, 2.24) is 14.8 Å². The summed E-state index contributed by atoms with van der Waals surface area (Å²) in [6.45, 7) is 4.90. The second-order valence-electron chi connectivity index (χ2n) is 6.57. The van der Waals surface area contributed by atoms with Crippen molar-refractivity contribution in [2.45, 2.75) is 32.0 Å². The lowest BCUT2D eigenvalue weighted by molar-refractivity contribution is 0.102. The van der Waals surface area contributed by atoms with E-state index in [9.17, 15) is 4.79 Å². The zero-order valence-electron chi connectivity index (χ0n) is 15.9. The minimum Gasteiger partial charge on any atom is -0.306 e. The van der Waals surface area contributed by atoms with Crippen molar-refractivity contribution in [2.75, 3.05) is 5.75 Å². The molecule has 142 valence electrons. The third-order valence-electron chi connectivity index (χ3n) is 4.74. The number of rotatable bonds is 7. The van der Waals surface area contributed by atoms with E-state index in [2.05, 4.69) is 46.0 Å². The molecule has 0 aliphatic carbocycles. The predicted octanol–water partition coefficient (Wildman–Crippen LogP) is 5.39. The fraction of sp³-hybridized carbons (Fsp3) is 0.227. The average Bonchev–Trinajstić information content (AvgIpc) is 3.27. The molecule has 0 aliphatic rings. The van der Waals surface area contributed by atoms with Crippen molar-refractivity contribution in [2.24, 2.45) is 0 Å². The number of thioether (sulfide) groups is 1. The number of carbonyl (C=O) groups is 1. The van der Waals surface area contributed by atoms with Gasteiger partial charge in [-0.15, -0.1) is 21.5 Å². The minimum atomic E-state index is 0.152. The first-order chi connectivity index (χ1) is 13.7. The van der Waals surface area contributed by atoms with Gasteiger partial charge in [-0.1, -0.05) is 60.3 Å². The van der Waals surface area contributed by atoms with Crippen LogP contribution in [0.25, 0.3) is 10.1 Å². The second kappa shape index (κ2) is 8.29. The van der Waals surface area contributed by atoms with E-state index in [1.807, 2.05) is 37.3 Å². The van der Waals surface area contributed by atoms with Crippen LogP contribution in [0.15, 0.2) is 59.8 Å². The van der Waals surface area contributed by atoms with Crippen LogP contribution < -0.4 is 0 Å². The Hall–Kier alpha value is -2.44. The van der Waals surface area contributed by atoms with Gasteiger partial charge in [-0.3, -0.25) is 4.79 Å². The first kappa shape index (κ1) is 18.9. The lowest BCUT2D eigenvalue weighted by Gasteiger charge is -2.07. The fourth-order valence-corrected chi connectivity index (χ4v) is 5.42. The Kier molecular flexibility index (Phi) is 5.59. The number of thiophene rings is 1. The Morgan fingerprint density at radius 3 is 2.57 bits per heavy atom. The molecule has 6 heteroatoms. The van der Waals surface area contributed by atoms with Gasteiger partial charge < -0.3 is 4.57 Å². The van der Waals surface area contributed by atoms with Crippen LogP contribution in [0.5, 0.6) is 0 Å². The Labute approximate surface area is 172 Å². The molecule has 0 spiro atoms. The van der Waals surface area contributed by atoms with Crippen LogP contribution in [-0.4, -0.2) is 26.3 Å². The topological polar surface area (TPSA) is 47.8 Å². The highest BCUT2D eigenvalue weighted by atomic mass is 32.2. The van der Waals surface area contributed by atoms with Gasteiger partial charge in [0, 0.05) is 17.7 Å². The predicted molar refractivity (Wildman–Crippen MR) is 117 cm³/mol. The quantitative estimate of drug-likeness (QED) is 0.304. The maximum absolute atomic E-state index is 12.8. The van der Waals surface area contributed by atoms with Crippen LogP contribution in [-0.2, 0) is 13.0 Å². The highest BCUT2D eigenvalue weighted by molar-refractivity contribution is 7.99. The van der Waals surface area contributed by atoms with Crippen LogP contribution in [0.2, 0.25) is 0 Å². The number of nitrogens with zero attached hydrogens (tertiary/aromatic N) is 3. The van der Waals surface area contributed by atoms with Crippen LogP contribution in [0.4, 0.5) is 0 Å². The first-order valence-corrected chi connectivity index (χ1v) is 11.1. The zero-order chi connectivity index (χ0) is 19.5. The zero-order valence-corrected chi connectivity index (χ0v) is 17.5. The molecular formula is C22H21N3OS2. The lowest BCUT2D eigenvalue weighted by Crippen LogP contribution is -2.06. The largest absolute Gasteiger partial charge is 0.306 e. The summed E-state index contributed by atoms with van der Waals surface area (Å²) in [7, 11) is 0. The van der Waals surface area contributed by atoms with Crippen molar-refractivity contribution in [1.29, 1.82) is 0 Å². The van der Waals surface area contributed by atoms with E-state index in [0.29, 0.717) is 5.75 Å². The Morgan fingerprint density at radius 1 is 1.07 bits per heavy atom. The number of ketones is 1. The number of benzene rings is 2. The van der Waals surface area contributed by atoms with Gasteiger partial charge >= 0.3 is 0 Å². The molecule has 0 saturated heterocycles. The van der Waals surface area contributed by atoms with E-state index in [0.717, 1.165) is 39.1 Å². The molecule has 0 N–H and O–H groups in total. The number of hydrogen-bond donors (Lipinski definition) is 0. The molecule has 0 aliphatic heterocycles. The Bertz CT molecular complexity index is 1120. The first-order valence-electron chi connectivity index (χ1n) is 9.27. The molecule has 0 bridgehead atoms. The molecule has 0 saturated carbocycles. The molecule has 0 radical (unpaired) electrons. The van der Waals surface area contributed by atoms with E-state index in [4.69, 9.17) is 0 Å². The number of hydrogen-bond acceptors (Lipinski definition) is 5. The highest BCUT2D eigenvalue weighted by Crippen LogP contribution is 2.32. The average molecular weight is 408 g/mol. The van der Waals surface area contributed by atoms with Crippen LogP contribution in [0.1, 0.15) is 33.5 Å². The lowest BCUT2D eigenvalue weighted by atomic mass is 10.1. The van der Waals surface area contributed by atoms with Crippen molar-refractivity contribution in [3.8, 4) is 0 Å². The smallest absolute Gasteiger partial charge is 0.191 e. The third kappa shape index (κ3) is 3.75. The molecule has 4 rings (SSSR count). The molecule has 2 aromatic carbocycles. The third-order valence-corrected chi connectivity index (χ3v) is 7.02. The monoisotopic (exact) mass is 407 g/mol. The van der Waals surface area contributed by atoms with E-state index in [-0.39, 0.29) is 5.78 Å². The van der Waals surface area contributed by atoms with Gasteiger partial charge in [0.25, 0.3) is 0 Å². The molecule has 0 amide bonds. The van der Waals surface area contributed by atoms with Gasteiger partial charge in [0.15, 0.2) is 10.9 Å².